The highest BCUT2D eigenvalue weighted by Crippen LogP contribution is 2.42. The number of anilines is 1. The molecule has 0 saturated carbocycles. The summed E-state index contributed by atoms with van der Waals surface area (Å²) in [5.74, 6) is -0.767. The van der Waals surface area contributed by atoms with E-state index in [0.29, 0.717) is 28.4 Å². The van der Waals surface area contributed by atoms with E-state index in [1.165, 1.54) is 22.3 Å². The number of para-hydroxylation sites is 1. The summed E-state index contributed by atoms with van der Waals surface area (Å²) in [6, 6.07) is 11.9. The Labute approximate surface area is 181 Å². The van der Waals surface area contributed by atoms with Crippen molar-refractivity contribution in [1.29, 1.82) is 0 Å². The van der Waals surface area contributed by atoms with Crippen LogP contribution in [0.1, 0.15) is 46.6 Å². The predicted molar refractivity (Wildman–Crippen MR) is 116 cm³/mol. The Balaban J connectivity index is 1.76. The van der Waals surface area contributed by atoms with E-state index in [1.807, 2.05) is 0 Å². The highest BCUT2D eigenvalue weighted by atomic mass is 32.1. The third-order valence-electron chi connectivity index (χ3n) is 5.22. The summed E-state index contributed by atoms with van der Waals surface area (Å²) in [6.45, 7) is 4.13. The molecule has 1 atom stereocenters. The molecule has 2 aromatic carbocycles. The van der Waals surface area contributed by atoms with Gasteiger partial charge in [-0.25, -0.2) is 4.39 Å². The average molecular weight is 435 g/mol. The van der Waals surface area contributed by atoms with E-state index in [2.05, 4.69) is 24.0 Å². The molecular weight excluding hydrogens is 417 g/mol. The van der Waals surface area contributed by atoms with Gasteiger partial charge in [0.25, 0.3) is 5.91 Å². The standard InChI is InChI=1S/C23H18FN3O3S/c1-12(2)11-17-25-26-23(31-17)27-19(13-7-3-5-9-15(13)24)18-20(28)14-8-4-6-10-16(14)30-21(18)22(27)29/h3-10,12,19H,11H2,1-2H3/t19-/m1/s1. The molecule has 0 unspecified atom stereocenters. The van der Waals surface area contributed by atoms with Crippen LogP contribution in [0.4, 0.5) is 9.52 Å². The maximum atomic E-state index is 14.9. The second-order valence-electron chi connectivity index (χ2n) is 7.85. The second kappa shape index (κ2) is 7.39. The van der Waals surface area contributed by atoms with E-state index in [9.17, 15) is 14.0 Å². The largest absolute Gasteiger partial charge is 0.450 e. The zero-order chi connectivity index (χ0) is 21.7. The molecule has 1 aliphatic heterocycles. The van der Waals surface area contributed by atoms with Crippen molar-refractivity contribution in [3.8, 4) is 0 Å². The number of carbonyl (C=O) groups excluding carboxylic acids is 1. The minimum Gasteiger partial charge on any atom is -0.450 e. The van der Waals surface area contributed by atoms with Gasteiger partial charge in [0.1, 0.15) is 22.4 Å². The van der Waals surface area contributed by atoms with Gasteiger partial charge in [-0.2, -0.15) is 0 Å². The number of nitrogens with zero attached hydrogens (tertiary/aromatic N) is 3. The molecule has 0 fully saturated rings. The molecule has 1 aliphatic rings. The van der Waals surface area contributed by atoms with E-state index in [1.54, 1.807) is 42.5 Å². The zero-order valence-electron chi connectivity index (χ0n) is 16.8. The molecule has 2 aromatic heterocycles. The van der Waals surface area contributed by atoms with Crippen molar-refractivity contribution in [2.24, 2.45) is 5.92 Å². The number of hydrogen-bond acceptors (Lipinski definition) is 6. The van der Waals surface area contributed by atoms with Crippen LogP contribution < -0.4 is 10.3 Å². The fourth-order valence-corrected chi connectivity index (χ4v) is 4.96. The molecule has 0 saturated heterocycles. The Kier molecular flexibility index (Phi) is 4.66. The lowest BCUT2D eigenvalue weighted by Crippen LogP contribution is -2.30. The van der Waals surface area contributed by atoms with Gasteiger partial charge < -0.3 is 4.42 Å². The van der Waals surface area contributed by atoms with Crippen molar-refractivity contribution >= 4 is 33.3 Å². The van der Waals surface area contributed by atoms with Crippen LogP contribution in [0.2, 0.25) is 0 Å². The molecule has 5 rings (SSSR count). The zero-order valence-corrected chi connectivity index (χ0v) is 17.6. The summed E-state index contributed by atoms with van der Waals surface area (Å²) in [7, 11) is 0. The van der Waals surface area contributed by atoms with Crippen LogP contribution in [0.15, 0.2) is 57.7 Å². The normalized spacial score (nSPS) is 15.8. The molecule has 0 N–H and O–H groups in total. The first-order chi connectivity index (χ1) is 15.0. The first kappa shape index (κ1) is 19.6. The van der Waals surface area contributed by atoms with E-state index in [-0.39, 0.29) is 22.3 Å². The van der Waals surface area contributed by atoms with Crippen LogP contribution in [0.3, 0.4) is 0 Å². The minimum atomic E-state index is -0.982. The van der Waals surface area contributed by atoms with Crippen molar-refractivity contribution in [2.45, 2.75) is 26.3 Å². The van der Waals surface area contributed by atoms with Gasteiger partial charge in [-0.1, -0.05) is 55.5 Å². The summed E-state index contributed by atoms with van der Waals surface area (Å²) in [4.78, 5) is 28.2. The topological polar surface area (TPSA) is 76.3 Å². The van der Waals surface area contributed by atoms with Crippen molar-refractivity contribution in [1.82, 2.24) is 10.2 Å². The highest BCUT2D eigenvalue weighted by Gasteiger charge is 2.46. The molecule has 0 radical (unpaired) electrons. The minimum absolute atomic E-state index is 0.0856. The van der Waals surface area contributed by atoms with E-state index in [4.69, 9.17) is 4.42 Å². The summed E-state index contributed by atoms with van der Waals surface area (Å²) in [5.41, 5.74) is 0.284. The van der Waals surface area contributed by atoms with Crippen molar-refractivity contribution in [3.63, 3.8) is 0 Å². The van der Waals surface area contributed by atoms with Gasteiger partial charge >= 0.3 is 0 Å². The maximum absolute atomic E-state index is 14.9. The Morgan fingerprint density at radius 1 is 1.10 bits per heavy atom. The number of halogens is 1. The van der Waals surface area contributed by atoms with Crippen LogP contribution in [0, 0.1) is 11.7 Å². The summed E-state index contributed by atoms with van der Waals surface area (Å²) >= 11 is 1.26. The lowest BCUT2D eigenvalue weighted by atomic mass is 9.98. The number of hydrogen-bond donors (Lipinski definition) is 0. The molecular formula is C23H18FN3O3S. The number of aromatic nitrogens is 2. The van der Waals surface area contributed by atoms with Crippen LogP contribution >= 0.6 is 11.3 Å². The number of carbonyl (C=O) groups is 1. The number of amides is 1. The molecule has 156 valence electrons. The number of benzene rings is 2. The lowest BCUT2D eigenvalue weighted by molar-refractivity contribution is 0.0970. The van der Waals surface area contributed by atoms with E-state index < -0.39 is 17.8 Å². The predicted octanol–water partition coefficient (Wildman–Crippen LogP) is 4.73. The first-order valence-electron chi connectivity index (χ1n) is 9.91. The van der Waals surface area contributed by atoms with Crippen molar-refractivity contribution in [2.75, 3.05) is 4.90 Å². The molecule has 6 nitrogen and oxygen atoms in total. The second-order valence-corrected chi connectivity index (χ2v) is 8.89. The number of rotatable bonds is 4. The SMILES string of the molecule is CC(C)Cc1nnc(N2C(=O)c3oc4ccccc4c(=O)c3[C@H]2c2ccccc2F)s1. The summed E-state index contributed by atoms with van der Waals surface area (Å²) < 4.78 is 20.7. The van der Waals surface area contributed by atoms with Gasteiger partial charge in [0.2, 0.25) is 10.9 Å². The fourth-order valence-electron chi connectivity index (χ4n) is 3.88. The monoisotopic (exact) mass is 435 g/mol. The molecule has 0 aliphatic carbocycles. The van der Waals surface area contributed by atoms with Gasteiger partial charge in [-0.15, -0.1) is 10.2 Å². The third kappa shape index (κ3) is 3.14. The van der Waals surface area contributed by atoms with Gasteiger partial charge in [0.05, 0.1) is 10.9 Å². The molecule has 31 heavy (non-hydrogen) atoms. The molecule has 4 aromatic rings. The Hall–Kier alpha value is -3.39. The van der Waals surface area contributed by atoms with Gasteiger partial charge in [-0.05, 0) is 24.1 Å². The third-order valence-corrected chi connectivity index (χ3v) is 6.17. The van der Waals surface area contributed by atoms with Gasteiger partial charge in [0.15, 0.2) is 5.43 Å². The molecule has 0 spiro atoms. The smallest absolute Gasteiger partial charge is 0.297 e. The Bertz CT molecular complexity index is 1380. The van der Waals surface area contributed by atoms with Crippen LogP contribution in [0.25, 0.3) is 11.0 Å². The Morgan fingerprint density at radius 2 is 1.84 bits per heavy atom. The summed E-state index contributed by atoms with van der Waals surface area (Å²) in [6.07, 6.45) is 0.706. The van der Waals surface area contributed by atoms with Gasteiger partial charge in [-0.3, -0.25) is 14.5 Å². The number of fused-ring (bicyclic) bond motifs is 2. The Morgan fingerprint density at radius 3 is 2.61 bits per heavy atom. The van der Waals surface area contributed by atoms with Crippen molar-refractivity contribution in [3.05, 3.63) is 86.5 Å². The average Bonchev–Trinajstić information content (AvgIpc) is 3.30. The van der Waals surface area contributed by atoms with Crippen molar-refractivity contribution < 1.29 is 13.6 Å². The summed E-state index contributed by atoms with van der Waals surface area (Å²) in [5, 5.41) is 9.82. The van der Waals surface area contributed by atoms with Crippen LogP contribution in [0.5, 0.6) is 0 Å². The molecule has 3 heterocycles. The van der Waals surface area contributed by atoms with Crippen LogP contribution in [-0.2, 0) is 6.42 Å². The maximum Gasteiger partial charge on any atom is 0.297 e. The molecule has 0 bridgehead atoms. The van der Waals surface area contributed by atoms with Crippen LogP contribution in [-0.4, -0.2) is 16.1 Å². The molecule has 8 heteroatoms. The van der Waals surface area contributed by atoms with Gasteiger partial charge in [0, 0.05) is 12.0 Å². The fraction of sp³-hybridized carbons (Fsp3) is 0.217. The lowest BCUT2D eigenvalue weighted by Gasteiger charge is -2.22. The quantitative estimate of drug-likeness (QED) is 0.463. The highest BCUT2D eigenvalue weighted by molar-refractivity contribution is 7.15. The van der Waals surface area contributed by atoms with E-state index >= 15 is 0 Å². The molecule has 1 amide bonds. The van der Waals surface area contributed by atoms with E-state index in [0.717, 1.165) is 5.01 Å². The first-order valence-corrected chi connectivity index (χ1v) is 10.7.